The molecule has 1 aliphatic heterocycles. The molecule has 1 fully saturated rings. The topological polar surface area (TPSA) is 79.5 Å². The maximum absolute atomic E-state index is 13.5. The molecule has 164 valence electrons. The molecule has 2 heterocycles. The summed E-state index contributed by atoms with van der Waals surface area (Å²) in [6, 6.07) is 12.3. The van der Waals surface area contributed by atoms with Crippen LogP contribution in [-0.4, -0.2) is 37.0 Å². The van der Waals surface area contributed by atoms with Gasteiger partial charge in [0, 0.05) is 29.7 Å². The van der Waals surface area contributed by atoms with Gasteiger partial charge in [0.15, 0.2) is 0 Å². The molecule has 0 unspecified atom stereocenters. The third-order valence-corrected chi connectivity index (χ3v) is 8.21. The first-order valence-corrected chi connectivity index (χ1v) is 12.5. The second-order valence-corrected chi connectivity index (χ2v) is 10.8. The van der Waals surface area contributed by atoms with Crippen molar-refractivity contribution >= 4 is 36.9 Å². The Labute approximate surface area is 190 Å². The summed E-state index contributed by atoms with van der Waals surface area (Å²) in [5.74, 6) is 0. The Bertz CT molecular complexity index is 1260. The van der Waals surface area contributed by atoms with Gasteiger partial charge in [0.25, 0.3) is 5.56 Å². The average Bonchev–Trinajstić information content (AvgIpc) is 3.25. The van der Waals surface area contributed by atoms with Gasteiger partial charge >= 0.3 is 0 Å². The fourth-order valence-corrected chi connectivity index (χ4v) is 5.61. The van der Waals surface area contributed by atoms with Crippen molar-refractivity contribution in [3.8, 4) is 0 Å². The van der Waals surface area contributed by atoms with E-state index in [4.69, 9.17) is 4.74 Å². The Morgan fingerprint density at radius 3 is 2.58 bits per heavy atom. The zero-order valence-corrected chi connectivity index (χ0v) is 19.9. The summed E-state index contributed by atoms with van der Waals surface area (Å²) in [5, 5.41) is 0.885. The minimum atomic E-state index is -3.81. The molecule has 1 N–H and O–H groups in total. The molecule has 4 rings (SSSR count). The van der Waals surface area contributed by atoms with Crippen LogP contribution >= 0.6 is 15.9 Å². The maximum atomic E-state index is 13.5. The Morgan fingerprint density at radius 2 is 1.90 bits per heavy atom. The normalized spacial score (nSPS) is 17.0. The minimum Gasteiger partial charge on any atom is -0.377 e. The minimum absolute atomic E-state index is 0.0174. The highest BCUT2D eigenvalue weighted by molar-refractivity contribution is 9.10. The van der Waals surface area contributed by atoms with Crippen molar-refractivity contribution in [1.29, 1.82) is 0 Å². The van der Waals surface area contributed by atoms with Crippen molar-refractivity contribution in [1.82, 2.24) is 9.29 Å². The third kappa shape index (κ3) is 4.62. The van der Waals surface area contributed by atoms with Crippen molar-refractivity contribution in [3.05, 3.63) is 74.0 Å². The predicted molar refractivity (Wildman–Crippen MR) is 125 cm³/mol. The van der Waals surface area contributed by atoms with Crippen LogP contribution in [0.4, 0.5) is 0 Å². The number of nitrogens with zero attached hydrogens (tertiary/aromatic N) is 1. The molecule has 0 amide bonds. The lowest BCUT2D eigenvalue weighted by molar-refractivity contribution is 0.0925. The Morgan fingerprint density at radius 1 is 1.16 bits per heavy atom. The smallest absolute Gasteiger partial charge is 0.252 e. The first kappa shape index (κ1) is 22.2. The first-order valence-electron chi connectivity index (χ1n) is 10.2. The number of H-pyrrole nitrogens is 1. The fraction of sp³-hybridized carbons (Fsp3) is 0.348. The average molecular weight is 505 g/mol. The molecule has 6 nitrogen and oxygen atoms in total. The van der Waals surface area contributed by atoms with Crippen LogP contribution in [0, 0.1) is 13.8 Å². The van der Waals surface area contributed by atoms with E-state index in [2.05, 4.69) is 20.9 Å². The molecule has 0 saturated carbocycles. The monoisotopic (exact) mass is 504 g/mol. The second kappa shape index (κ2) is 8.86. The standard InChI is InChI=1S/C23H25BrN2O4S/c1-15-5-6-17-12-18(23(27)25-22(17)16(15)2)13-26(14-20-4-3-11-30-20)31(28,29)21-9-7-19(24)8-10-21/h5-10,12,20H,3-4,11,13-14H2,1-2H3,(H,25,27)/t20-/m0/s1. The molecule has 3 aromatic rings. The van der Waals surface area contributed by atoms with Gasteiger partial charge in [-0.05, 0) is 73.5 Å². The van der Waals surface area contributed by atoms with Gasteiger partial charge in [-0.25, -0.2) is 8.42 Å². The summed E-state index contributed by atoms with van der Waals surface area (Å²) in [6.45, 7) is 4.79. The highest BCUT2D eigenvalue weighted by Crippen LogP contribution is 2.24. The van der Waals surface area contributed by atoms with Gasteiger partial charge in [-0.2, -0.15) is 4.31 Å². The number of hydrogen-bond acceptors (Lipinski definition) is 4. The number of halogens is 1. The summed E-state index contributed by atoms with van der Waals surface area (Å²) < 4.78 is 34.8. The Kier molecular flexibility index (Phi) is 6.35. The zero-order valence-electron chi connectivity index (χ0n) is 17.5. The number of benzene rings is 2. The number of aromatic nitrogens is 1. The maximum Gasteiger partial charge on any atom is 0.252 e. The van der Waals surface area contributed by atoms with Crippen molar-refractivity contribution in [2.45, 2.75) is 44.2 Å². The van der Waals surface area contributed by atoms with Gasteiger partial charge in [-0.3, -0.25) is 4.79 Å². The molecule has 1 aliphatic rings. The molecular formula is C23H25BrN2O4S. The van der Waals surface area contributed by atoms with Gasteiger partial charge in [0.05, 0.1) is 16.5 Å². The number of ether oxygens (including phenoxy) is 1. The lowest BCUT2D eigenvalue weighted by Crippen LogP contribution is -2.38. The van der Waals surface area contributed by atoms with Crippen LogP contribution in [0.2, 0.25) is 0 Å². The summed E-state index contributed by atoms with van der Waals surface area (Å²) in [4.78, 5) is 16.0. The molecule has 0 radical (unpaired) electrons. The SMILES string of the molecule is Cc1ccc2cc(CN(C[C@@H]3CCCO3)S(=O)(=O)c3ccc(Br)cc3)c(=O)[nH]c2c1C. The molecule has 1 saturated heterocycles. The first-order chi connectivity index (χ1) is 14.8. The van der Waals surface area contributed by atoms with E-state index in [-0.39, 0.29) is 29.6 Å². The molecule has 8 heteroatoms. The lowest BCUT2D eigenvalue weighted by Gasteiger charge is -2.25. The van der Waals surface area contributed by atoms with E-state index in [1.165, 1.54) is 4.31 Å². The third-order valence-electron chi connectivity index (χ3n) is 5.86. The molecule has 1 aromatic heterocycles. The molecule has 31 heavy (non-hydrogen) atoms. The molecule has 0 spiro atoms. The van der Waals surface area contributed by atoms with E-state index in [0.29, 0.717) is 12.2 Å². The number of fused-ring (bicyclic) bond motifs is 1. The molecule has 2 aromatic carbocycles. The van der Waals surface area contributed by atoms with Crippen molar-refractivity contribution < 1.29 is 13.2 Å². The number of pyridine rings is 1. The number of rotatable bonds is 6. The van der Waals surface area contributed by atoms with Crippen LogP contribution in [0.3, 0.4) is 0 Å². The van der Waals surface area contributed by atoms with E-state index in [1.54, 1.807) is 30.3 Å². The number of nitrogens with one attached hydrogen (secondary N) is 1. The number of sulfonamides is 1. The summed E-state index contributed by atoms with van der Waals surface area (Å²) >= 11 is 3.34. The van der Waals surface area contributed by atoms with Crippen LogP contribution in [0.5, 0.6) is 0 Å². The van der Waals surface area contributed by atoms with Crippen LogP contribution in [0.15, 0.2) is 56.6 Å². The van der Waals surface area contributed by atoms with Crippen LogP contribution in [0.25, 0.3) is 10.9 Å². The quantitative estimate of drug-likeness (QED) is 0.543. The van der Waals surface area contributed by atoms with E-state index < -0.39 is 10.0 Å². The van der Waals surface area contributed by atoms with Crippen molar-refractivity contribution in [2.75, 3.05) is 13.2 Å². The predicted octanol–water partition coefficient (Wildman–Crippen LogP) is 4.28. The van der Waals surface area contributed by atoms with Gasteiger partial charge in [-0.15, -0.1) is 0 Å². The molecular weight excluding hydrogens is 480 g/mol. The van der Waals surface area contributed by atoms with E-state index in [9.17, 15) is 13.2 Å². The van der Waals surface area contributed by atoms with Crippen LogP contribution in [0.1, 0.15) is 29.5 Å². The van der Waals surface area contributed by atoms with Crippen molar-refractivity contribution in [2.24, 2.45) is 0 Å². The van der Waals surface area contributed by atoms with Crippen LogP contribution < -0.4 is 5.56 Å². The highest BCUT2D eigenvalue weighted by atomic mass is 79.9. The number of aryl methyl sites for hydroxylation is 2. The molecule has 1 atom stereocenters. The molecule has 0 aliphatic carbocycles. The van der Waals surface area contributed by atoms with E-state index in [1.807, 2.05) is 26.0 Å². The highest BCUT2D eigenvalue weighted by Gasteiger charge is 2.30. The Hall–Kier alpha value is -2.00. The summed E-state index contributed by atoms with van der Waals surface area (Å²) in [7, 11) is -3.81. The number of aromatic amines is 1. The fourth-order valence-electron chi connectivity index (χ4n) is 3.90. The second-order valence-electron chi connectivity index (χ2n) is 7.98. The summed E-state index contributed by atoms with van der Waals surface area (Å²) in [5.41, 5.74) is 3.03. The van der Waals surface area contributed by atoms with Crippen molar-refractivity contribution in [3.63, 3.8) is 0 Å². The van der Waals surface area contributed by atoms with Crippen LogP contribution in [-0.2, 0) is 21.3 Å². The number of hydrogen-bond donors (Lipinski definition) is 1. The molecule has 0 bridgehead atoms. The van der Waals surface area contributed by atoms with Gasteiger partial charge in [0.1, 0.15) is 0 Å². The zero-order chi connectivity index (χ0) is 22.2. The summed E-state index contributed by atoms with van der Waals surface area (Å²) in [6.07, 6.45) is 1.54. The van der Waals surface area contributed by atoms with Gasteiger partial charge in [0.2, 0.25) is 10.0 Å². The van der Waals surface area contributed by atoms with E-state index in [0.717, 1.165) is 39.3 Å². The van der Waals surface area contributed by atoms with Gasteiger partial charge in [-0.1, -0.05) is 28.1 Å². The van der Waals surface area contributed by atoms with E-state index >= 15 is 0 Å². The largest absolute Gasteiger partial charge is 0.377 e. The Balaban J connectivity index is 1.74. The lowest BCUT2D eigenvalue weighted by atomic mass is 10.0. The van der Waals surface area contributed by atoms with Gasteiger partial charge < -0.3 is 9.72 Å².